The van der Waals surface area contributed by atoms with Crippen molar-refractivity contribution >= 4 is 16.7 Å². The van der Waals surface area contributed by atoms with Crippen LogP contribution in [0.5, 0.6) is 0 Å². The molecule has 2 heterocycles. The van der Waals surface area contributed by atoms with Gasteiger partial charge < -0.3 is 29.8 Å². The minimum Gasteiger partial charge on any atom is -0.423 e. The normalized spacial score (nSPS) is 28.7. The Hall–Kier alpha value is -1.93. The van der Waals surface area contributed by atoms with E-state index in [1.165, 1.54) is 6.07 Å². The van der Waals surface area contributed by atoms with E-state index < -0.39 is 30.0 Å². The van der Waals surface area contributed by atoms with Gasteiger partial charge in [0.15, 0.2) is 0 Å². The molecule has 2 aromatic rings. The lowest BCUT2D eigenvalue weighted by Gasteiger charge is -2.37. The topological polar surface area (TPSA) is 112 Å². The molecular formula is C15H17NO6. The van der Waals surface area contributed by atoms with Gasteiger partial charge in [-0.25, -0.2) is 4.79 Å². The largest absolute Gasteiger partial charge is 0.423 e. The molecule has 1 aromatic carbocycles. The summed E-state index contributed by atoms with van der Waals surface area (Å²) >= 11 is 0. The first-order valence-electron chi connectivity index (χ1n) is 6.97. The molecule has 0 radical (unpaired) electrons. The van der Waals surface area contributed by atoms with Crippen LogP contribution < -0.4 is 10.9 Å². The molecule has 22 heavy (non-hydrogen) atoms. The maximum absolute atomic E-state index is 11.2. The summed E-state index contributed by atoms with van der Waals surface area (Å²) in [5, 5.41) is 32.8. The number of aliphatic hydroxyl groups excluding tert-OH is 3. The smallest absolute Gasteiger partial charge is 0.336 e. The highest BCUT2D eigenvalue weighted by Gasteiger charge is 2.37. The number of anilines is 1. The molecule has 1 aliphatic rings. The van der Waals surface area contributed by atoms with Crippen LogP contribution in [0.4, 0.5) is 5.69 Å². The Morgan fingerprint density at radius 2 is 1.95 bits per heavy atom. The van der Waals surface area contributed by atoms with Crippen LogP contribution in [0, 0.1) is 0 Å². The summed E-state index contributed by atoms with van der Waals surface area (Å²) in [6, 6.07) is 7.68. The van der Waals surface area contributed by atoms with Crippen molar-refractivity contribution in [1.29, 1.82) is 0 Å². The predicted molar refractivity (Wildman–Crippen MR) is 78.7 cm³/mol. The zero-order valence-electron chi connectivity index (χ0n) is 11.7. The summed E-state index contributed by atoms with van der Waals surface area (Å²) in [5.74, 6) is 0. The van der Waals surface area contributed by atoms with E-state index in [4.69, 9.17) is 14.3 Å². The fraction of sp³-hybridized carbons (Fsp3) is 0.400. The molecule has 0 spiro atoms. The third kappa shape index (κ3) is 2.84. The molecule has 1 aromatic heterocycles. The van der Waals surface area contributed by atoms with E-state index >= 15 is 0 Å². The quantitative estimate of drug-likeness (QED) is 0.575. The lowest BCUT2D eigenvalue weighted by Crippen LogP contribution is -2.56. The van der Waals surface area contributed by atoms with E-state index in [1.807, 2.05) is 0 Å². The number of nitrogens with one attached hydrogen (secondary N) is 1. The molecular weight excluding hydrogens is 290 g/mol. The van der Waals surface area contributed by atoms with E-state index in [9.17, 15) is 15.0 Å². The van der Waals surface area contributed by atoms with E-state index in [0.29, 0.717) is 11.3 Å². The van der Waals surface area contributed by atoms with Gasteiger partial charge in [-0.2, -0.15) is 0 Å². The SMILES string of the molecule is O=c1ccc2ccc(NC3COC(CO)[C@@H](O)C3O)cc2o1. The number of hydrogen-bond donors (Lipinski definition) is 4. The highest BCUT2D eigenvalue weighted by atomic mass is 16.5. The fourth-order valence-corrected chi connectivity index (χ4v) is 2.53. The molecule has 1 fully saturated rings. The van der Waals surface area contributed by atoms with Crippen molar-refractivity contribution in [3.8, 4) is 0 Å². The summed E-state index contributed by atoms with van der Waals surface area (Å²) in [6.07, 6.45) is -3.04. The van der Waals surface area contributed by atoms with Crippen LogP contribution in [0.3, 0.4) is 0 Å². The third-order valence-electron chi connectivity index (χ3n) is 3.79. The van der Waals surface area contributed by atoms with Crippen LogP contribution in [0.25, 0.3) is 11.0 Å². The lowest BCUT2D eigenvalue weighted by atomic mass is 9.98. The van der Waals surface area contributed by atoms with Crippen molar-refractivity contribution in [3.63, 3.8) is 0 Å². The monoisotopic (exact) mass is 307 g/mol. The average Bonchev–Trinajstić information content (AvgIpc) is 2.52. The molecule has 0 amide bonds. The van der Waals surface area contributed by atoms with E-state index in [-0.39, 0.29) is 13.2 Å². The Bertz CT molecular complexity index is 714. The highest BCUT2D eigenvalue weighted by molar-refractivity contribution is 5.80. The average molecular weight is 307 g/mol. The zero-order chi connectivity index (χ0) is 15.7. The third-order valence-corrected chi connectivity index (χ3v) is 3.79. The Kier molecular flexibility index (Phi) is 4.12. The number of fused-ring (bicyclic) bond motifs is 1. The summed E-state index contributed by atoms with van der Waals surface area (Å²) < 4.78 is 10.4. The maximum atomic E-state index is 11.2. The van der Waals surface area contributed by atoms with Crippen LogP contribution >= 0.6 is 0 Å². The van der Waals surface area contributed by atoms with Gasteiger partial charge in [0.2, 0.25) is 0 Å². The van der Waals surface area contributed by atoms with Gasteiger partial charge >= 0.3 is 5.63 Å². The Morgan fingerprint density at radius 1 is 1.18 bits per heavy atom. The summed E-state index contributed by atoms with van der Waals surface area (Å²) in [6.45, 7) is -0.216. The molecule has 0 aliphatic carbocycles. The van der Waals surface area contributed by atoms with Gasteiger partial charge in [0.1, 0.15) is 23.9 Å². The van der Waals surface area contributed by atoms with Crippen LogP contribution in [-0.4, -0.2) is 52.9 Å². The van der Waals surface area contributed by atoms with Crippen LogP contribution in [0.15, 0.2) is 39.5 Å². The molecule has 7 heteroatoms. The van der Waals surface area contributed by atoms with Crippen molar-refractivity contribution in [1.82, 2.24) is 0 Å². The summed E-state index contributed by atoms with van der Waals surface area (Å²) in [4.78, 5) is 11.2. The molecule has 3 unspecified atom stereocenters. The number of benzene rings is 1. The molecule has 0 saturated carbocycles. The molecule has 118 valence electrons. The van der Waals surface area contributed by atoms with Gasteiger partial charge in [-0.15, -0.1) is 0 Å². The molecule has 3 rings (SSSR count). The standard InChI is InChI=1S/C15H17NO6/c17-6-12-15(20)14(19)10(7-21-12)16-9-3-1-8-2-4-13(18)22-11(8)5-9/h1-5,10,12,14-17,19-20H,6-7H2/t10?,12?,14?,15-/m1/s1. The Morgan fingerprint density at radius 3 is 2.73 bits per heavy atom. The van der Waals surface area contributed by atoms with Crippen LogP contribution in [0.1, 0.15) is 0 Å². The van der Waals surface area contributed by atoms with Gasteiger partial charge in [-0.05, 0) is 18.2 Å². The number of rotatable bonds is 3. The maximum Gasteiger partial charge on any atom is 0.336 e. The summed E-state index contributed by atoms with van der Waals surface area (Å²) in [7, 11) is 0. The first-order chi connectivity index (χ1) is 10.6. The number of hydrogen-bond acceptors (Lipinski definition) is 7. The van der Waals surface area contributed by atoms with Crippen LogP contribution in [0.2, 0.25) is 0 Å². The first kappa shape index (κ1) is 15.0. The second kappa shape index (κ2) is 6.05. The second-order valence-electron chi connectivity index (χ2n) is 5.29. The highest BCUT2D eigenvalue weighted by Crippen LogP contribution is 2.22. The Labute approximate surface area is 125 Å². The molecule has 4 atom stereocenters. The lowest BCUT2D eigenvalue weighted by molar-refractivity contribution is -0.152. The minimum atomic E-state index is -1.17. The fourth-order valence-electron chi connectivity index (χ4n) is 2.53. The van der Waals surface area contributed by atoms with Gasteiger partial charge in [0.25, 0.3) is 0 Å². The first-order valence-corrected chi connectivity index (χ1v) is 6.97. The van der Waals surface area contributed by atoms with E-state index in [0.717, 1.165) is 5.39 Å². The van der Waals surface area contributed by atoms with Gasteiger partial charge in [-0.3, -0.25) is 0 Å². The minimum absolute atomic E-state index is 0.139. The van der Waals surface area contributed by atoms with Gasteiger partial charge in [0.05, 0.1) is 19.3 Å². The van der Waals surface area contributed by atoms with Gasteiger partial charge in [0, 0.05) is 23.2 Å². The van der Waals surface area contributed by atoms with Gasteiger partial charge in [-0.1, -0.05) is 0 Å². The van der Waals surface area contributed by atoms with Crippen molar-refractivity contribution in [3.05, 3.63) is 40.8 Å². The van der Waals surface area contributed by atoms with Crippen molar-refractivity contribution in [2.45, 2.75) is 24.4 Å². The second-order valence-corrected chi connectivity index (χ2v) is 5.29. The zero-order valence-corrected chi connectivity index (χ0v) is 11.7. The molecule has 1 aliphatic heterocycles. The van der Waals surface area contributed by atoms with Crippen LogP contribution in [-0.2, 0) is 4.74 Å². The van der Waals surface area contributed by atoms with E-state index in [1.54, 1.807) is 24.3 Å². The predicted octanol–water partition coefficient (Wildman–Crippen LogP) is -0.314. The van der Waals surface area contributed by atoms with Crippen molar-refractivity contribution in [2.24, 2.45) is 0 Å². The van der Waals surface area contributed by atoms with E-state index in [2.05, 4.69) is 5.32 Å². The number of ether oxygens (including phenoxy) is 1. The molecule has 7 nitrogen and oxygen atoms in total. The molecule has 4 N–H and O–H groups in total. The molecule has 0 bridgehead atoms. The molecule has 1 saturated heterocycles. The van der Waals surface area contributed by atoms with Crippen molar-refractivity contribution < 1.29 is 24.5 Å². The Balaban J connectivity index is 1.79. The summed E-state index contributed by atoms with van der Waals surface area (Å²) in [5.41, 5.74) is 0.619. The number of aliphatic hydroxyl groups is 3. The van der Waals surface area contributed by atoms with Crippen molar-refractivity contribution in [2.75, 3.05) is 18.5 Å².